The molecule has 46 heavy (non-hydrogen) atoms. The number of rotatable bonds is 2. The Labute approximate surface area is 276 Å². The van der Waals surface area contributed by atoms with Crippen LogP contribution in [0.5, 0.6) is 11.5 Å². The molecule has 6 nitrogen and oxygen atoms in total. The van der Waals surface area contributed by atoms with E-state index in [1.165, 1.54) is 35.1 Å². The first-order chi connectivity index (χ1) is 22.5. The zero-order chi connectivity index (χ0) is 31.5. The third-order valence-electron chi connectivity index (χ3n) is 10.4. The fourth-order valence-corrected chi connectivity index (χ4v) is 10.4. The van der Waals surface area contributed by atoms with Crippen molar-refractivity contribution in [1.29, 1.82) is 21.0 Å². The van der Waals surface area contributed by atoms with Gasteiger partial charge in [-0.1, -0.05) is 37.1 Å². The van der Waals surface area contributed by atoms with E-state index in [1.54, 1.807) is 34.8 Å². The van der Waals surface area contributed by atoms with Gasteiger partial charge in [-0.2, -0.15) is 21.0 Å². The number of fused-ring (bicyclic) bond motifs is 9. The van der Waals surface area contributed by atoms with Gasteiger partial charge in [-0.15, -0.1) is 22.7 Å². The lowest BCUT2D eigenvalue weighted by Gasteiger charge is -2.48. The molecule has 0 amide bonds. The highest BCUT2D eigenvalue weighted by Gasteiger charge is 2.50. The van der Waals surface area contributed by atoms with E-state index < -0.39 is 0 Å². The Hall–Kier alpha value is -4.60. The minimum atomic E-state index is -0.378. The lowest BCUT2D eigenvalue weighted by Crippen LogP contribution is -2.45. The van der Waals surface area contributed by atoms with Gasteiger partial charge in [0, 0.05) is 32.7 Å². The van der Waals surface area contributed by atoms with Crippen molar-refractivity contribution in [2.45, 2.75) is 75.4 Å². The summed E-state index contributed by atoms with van der Waals surface area (Å²) in [5, 5.41) is 37.6. The third kappa shape index (κ3) is 4.52. The fraction of sp³-hybridized carbons (Fsp3) is 0.368. The molecule has 2 aliphatic heterocycles. The van der Waals surface area contributed by atoms with Gasteiger partial charge in [0.1, 0.15) is 58.1 Å². The molecule has 2 aromatic heterocycles. The molecule has 2 unspecified atom stereocenters. The van der Waals surface area contributed by atoms with Crippen LogP contribution in [-0.2, 0) is 0 Å². The first-order valence-electron chi connectivity index (χ1n) is 16.1. The molecule has 8 rings (SSSR count). The van der Waals surface area contributed by atoms with Crippen molar-refractivity contribution in [3.05, 3.63) is 78.2 Å². The van der Waals surface area contributed by atoms with Crippen LogP contribution in [0, 0.1) is 57.2 Å². The van der Waals surface area contributed by atoms with Crippen molar-refractivity contribution < 1.29 is 9.47 Å². The molecule has 2 aromatic rings. The average Bonchev–Trinajstić information content (AvgIpc) is 3.68. The maximum absolute atomic E-state index is 9.39. The first kappa shape index (κ1) is 28.8. The number of ether oxygens (including phenoxy) is 2. The molecule has 2 fully saturated rings. The second-order valence-electron chi connectivity index (χ2n) is 13.0. The zero-order valence-electron chi connectivity index (χ0n) is 25.3. The van der Waals surface area contributed by atoms with Gasteiger partial charge in [0.25, 0.3) is 0 Å². The number of nitriles is 4. The van der Waals surface area contributed by atoms with Gasteiger partial charge in [0.05, 0.1) is 9.75 Å². The molecule has 226 valence electrons. The molecule has 2 spiro atoms. The highest BCUT2D eigenvalue weighted by Crippen LogP contribution is 2.59. The predicted molar refractivity (Wildman–Crippen MR) is 179 cm³/mol. The van der Waals surface area contributed by atoms with Crippen LogP contribution in [0.25, 0.3) is 23.3 Å². The molecule has 0 saturated heterocycles. The summed E-state index contributed by atoms with van der Waals surface area (Å²) in [6.45, 7) is 0. The molecule has 0 radical (unpaired) electrons. The zero-order valence-corrected chi connectivity index (χ0v) is 26.9. The van der Waals surface area contributed by atoms with Crippen LogP contribution in [0.4, 0.5) is 0 Å². The number of thiophene rings is 2. The van der Waals surface area contributed by atoms with E-state index in [0.29, 0.717) is 0 Å². The van der Waals surface area contributed by atoms with Crippen molar-refractivity contribution in [2.24, 2.45) is 11.8 Å². The summed E-state index contributed by atoms with van der Waals surface area (Å²) in [7, 11) is 0. The van der Waals surface area contributed by atoms with Crippen LogP contribution in [0.15, 0.2) is 58.7 Å². The van der Waals surface area contributed by atoms with Gasteiger partial charge >= 0.3 is 0 Å². The first-order valence-corrected chi connectivity index (χ1v) is 17.7. The van der Waals surface area contributed by atoms with Crippen molar-refractivity contribution in [3.8, 4) is 35.8 Å². The molecular weight excluding hydrogens is 609 g/mol. The van der Waals surface area contributed by atoms with E-state index in [1.807, 2.05) is 36.4 Å². The normalized spacial score (nSPS) is 23.9. The quantitative estimate of drug-likeness (QED) is 0.303. The van der Waals surface area contributed by atoms with Crippen LogP contribution in [0.1, 0.15) is 83.7 Å². The van der Waals surface area contributed by atoms with Gasteiger partial charge in [-0.25, -0.2) is 0 Å². The fourth-order valence-electron chi connectivity index (χ4n) is 8.30. The van der Waals surface area contributed by atoms with E-state index >= 15 is 0 Å². The van der Waals surface area contributed by atoms with Crippen molar-refractivity contribution in [2.75, 3.05) is 0 Å². The second kappa shape index (κ2) is 11.0. The van der Waals surface area contributed by atoms with Crippen molar-refractivity contribution in [1.82, 2.24) is 0 Å². The topological polar surface area (TPSA) is 114 Å². The van der Waals surface area contributed by atoms with Crippen LogP contribution >= 0.6 is 22.7 Å². The largest absolute Gasteiger partial charge is 0.481 e. The molecule has 0 bridgehead atoms. The molecule has 4 aliphatic carbocycles. The molecule has 2 atom stereocenters. The Kier molecular flexibility index (Phi) is 6.92. The van der Waals surface area contributed by atoms with Crippen molar-refractivity contribution >= 4 is 46.0 Å². The standard InChI is InChI=1S/C38H30N4O2S2/c39-19-23(20-40)11-27-17-33-35(45-27)29-13-26-16-32-30(14-25(26)15-31(29)37(43-33)7-3-1-4-8-37)36-34(44-38(32)9-5-2-6-10-38)18-28(46-36)12-24(21-41)22-42/h11-18,25-26H,1-10H2. The van der Waals surface area contributed by atoms with Crippen LogP contribution in [0.2, 0.25) is 0 Å². The van der Waals surface area contributed by atoms with Crippen LogP contribution in [-0.4, -0.2) is 11.2 Å². The third-order valence-corrected chi connectivity index (χ3v) is 12.5. The lowest BCUT2D eigenvalue weighted by molar-refractivity contribution is 0.0636. The second-order valence-corrected chi connectivity index (χ2v) is 15.2. The van der Waals surface area contributed by atoms with E-state index in [0.717, 1.165) is 82.4 Å². The Morgan fingerprint density at radius 1 is 0.609 bits per heavy atom. The summed E-state index contributed by atoms with van der Waals surface area (Å²) in [5.41, 5.74) is 4.44. The number of hydrogen-bond acceptors (Lipinski definition) is 8. The SMILES string of the molecule is N#CC(C#N)=Cc1cc2c(s1)C1=CC3C=C4C(=CC3C=C1C1(CCCCC1)O2)c1sc(C=C(C#N)C#N)cc1OC41CCCCC1. The highest BCUT2D eigenvalue weighted by molar-refractivity contribution is 7.14. The molecule has 2 saturated carbocycles. The monoisotopic (exact) mass is 638 g/mol. The summed E-state index contributed by atoms with van der Waals surface area (Å²) in [5.74, 6) is 2.03. The van der Waals surface area contributed by atoms with E-state index in [4.69, 9.17) is 9.47 Å². The smallest absolute Gasteiger partial charge is 0.139 e. The molecule has 6 aliphatic rings. The average molecular weight is 639 g/mol. The summed E-state index contributed by atoms with van der Waals surface area (Å²) < 4.78 is 13.9. The van der Waals surface area contributed by atoms with Gasteiger partial charge in [0.15, 0.2) is 0 Å². The Morgan fingerprint density at radius 3 is 1.37 bits per heavy atom. The Morgan fingerprint density at radius 2 is 1.00 bits per heavy atom. The summed E-state index contributed by atoms with van der Waals surface area (Å²) >= 11 is 3.18. The van der Waals surface area contributed by atoms with E-state index in [-0.39, 0.29) is 34.2 Å². The summed E-state index contributed by atoms with van der Waals surface area (Å²) in [6, 6.07) is 12.0. The summed E-state index contributed by atoms with van der Waals surface area (Å²) in [6.07, 6.45) is 23.9. The van der Waals surface area contributed by atoms with E-state index in [2.05, 4.69) is 24.3 Å². The van der Waals surface area contributed by atoms with Gasteiger partial charge in [-0.05, 0) is 86.8 Å². The molecule has 8 heteroatoms. The van der Waals surface area contributed by atoms with Crippen LogP contribution in [0.3, 0.4) is 0 Å². The number of hydrogen-bond donors (Lipinski definition) is 0. The predicted octanol–water partition coefficient (Wildman–Crippen LogP) is 9.44. The Bertz CT molecular complexity index is 1850. The van der Waals surface area contributed by atoms with Gasteiger partial charge < -0.3 is 9.47 Å². The van der Waals surface area contributed by atoms with Gasteiger partial charge in [-0.3, -0.25) is 0 Å². The lowest BCUT2D eigenvalue weighted by atomic mass is 9.65. The minimum absolute atomic E-state index is 0.0901. The summed E-state index contributed by atoms with van der Waals surface area (Å²) in [4.78, 5) is 3.86. The van der Waals surface area contributed by atoms with Crippen molar-refractivity contribution in [3.63, 3.8) is 0 Å². The molecule has 0 aromatic carbocycles. The molecule has 4 heterocycles. The molecule has 0 N–H and O–H groups in total. The maximum atomic E-state index is 9.39. The maximum Gasteiger partial charge on any atom is 0.139 e. The Balaban J connectivity index is 1.27. The van der Waals surface area contributed by atoms with E-state index in [9.17, 15) is 21.0 Å². The number of allylic oxidation sites excluding steroid dienone is 6. The van der Waals surface area contributed by atoms with Gasteiger partial charge in [0.2, 0.25) is 0 Å². The number of nitrogens with zero attached hydrogens (tertiary/aromatic N) is 4. The minimum Gasteiger partial charge on any atom is -0.481 e. The van der Waals surface area contributed by atoms with Crippen LogP contribution < -0.4 is 9.47 Å². The molecular formula is C38H30N4O2S2. The highest BCUT2D eigenvalue weighted by atomic mass is 32.1.